The molecule has 1 aliphatic heterocycles. The quantitative estimate of drug-likeness (QED) is 0.0361. The van der Waals surface area contributed by atoms with Crippen LogP contribution in [0.2, 0.25) is 0 Å². The lowest BCUT2D eigenvalue weighted by atomic mass is 9.82. The Morgan fingerprint density at radius 3 is 1.99 bits per heavy atom. The molecule has 8 N–H and O–H groups in total. The van der Waals surface area contributed by atoms with E-state index in [-0.39, 0.29) is 26.0 Å². The maximum atomic E-state index is 15.1. The number of nitrogens with zero attached hydrogens (tertiary/aromatic N) is 1. The minimum absolute atomic E-state index is 0.0357. The number of ketones is 1. The van der Waals surface area contributed by atoms with Crippen LogP contribution in [-0.4, -0.2) is 130 Å². The van der Waals surface area contributed by atoms with Crippen molar-refractivity contribution in [2.75, 3.05) is 19.7 Å². The van der Waals surface area contributed by atoms with E-state index >= 15 is 4.79 Å². The molecular formula is C46H65N7O14. The van der Waals surface area contributed by atoms with E-state index in [0.29, 0.717) is 31.2 Å². The fourth-order valence-corrected chi connectivity index (χ4v) is 8.15. The molecule has 0 bridgehead atoms. The number of Topliss-reactive ketones (excluding diaryl/α,β-unsaturated/α-hetero) is 1. The van der Waals surface area contributed by atoms with Gasteiger partial charge in [0.1, 0.15) is 43.4 Å². The predicted octanol–water partition coefficient (Wildman–Crippen LogP) is 0.737. The number of fused-ring (bicyclic) bond motifs is 1. The lowest BCUT2D eigenvalue weighted by Gasteiger charge is -2.41. The van der Waals surface area contributed by atoms with E-state index in [0.717, 1.165) is 31.7 Å². The molecule has 0 spiro atoms. The monoisotopic (exact) mass is 939 g/mol. The molecule has 368 valence electrons. The molecule has 0 radical (unpaired) electrons. The van der Waals surface area contributed by atoms with Crippen LogP contribution in [0.3, 0.4) is 0 Å². The van der Waals surface area contributed by atoms with Crippen molar-refractivity contribution in [1.82, 2.24) is 36.8 Å². The number of carbonyl (C=O) groups excluding carboxylic acids is 9. The minimum Gasteiger partial charge on any atom is -0.481 e. The molecule has 67 heavy (non-hydrogen) atoms. The smallest absolute Gasteiger partial charge is 0.325 e. The third kappa shape index (κ3) is 16.9. The minimum atomic E-state index is -1.55. The number of benzene rings is 1. The zero-order valence-electron chi connectivity index (χ0n) is 38.6. The molecule has 6 unspecified atom stereocenters. The molecule has 1 fully saturated rings. The lowest BCUT2D eigenvalue weighted by Crippen LogP contribution is -2.62. The Kier molecular flexibility index (Phi) is 22.1. The zero-order chi connectivity index (χ0) is 49.8. The number of hydrogen-bond donors (Lipinski definition) is 8. The van der Waals surface area contributed by atoms with Gasteiger partial charge < -0.3 is 51.8 Å². The summed E-state index contributed by atoms with van der Waals surface area (Å²) in [4.78, 5) is 145. The second kappa shape index (κ2) is 27.1. The van der Waals surface area contributed by atoms with Gasteiger partial charge in [-0.2, -0.15) is 0 Å². The zero-order valence-corrected chi connectivity index (χ0v) is 38.6. The van der Waals surface area contributed by atoms with E-state index in [1.807, 2.05) is 6.07 Å². The van der Waals surface area contributed by atoms with Crippen LogP contribution < -0.4 is 31.9 Å². The number of esters is 1. The Bertz CT molecular complexity index is 2000. The fraction of sp³-hybridized carbons (Fsp3) is 0.587. The van der Waals surface area contributed by atoms with Gasteiger partial charge in [-0.1, -0.05) is 83.4 Å². The molecule has 21 nitrogen and oxygen atoms in total. The second-order valence-corrected chi connectivity index (χ2v) is 17.0. The first-order chi connectivity index (χ1) is 31.8. The van der Waals surface area contributed by atoms with E-state index in [1.54, 1.807) is 39.0 Å². The SMILES string of the molecule is C=CCOC(=O)CNC(=O)C(=O)C(CCC)NC(=O)C1c2ccccc2CCN1C(=O)C(NC(=O)C(NC(=O)C(CCC(=O)O)NC(=O)C(CCC(=O)O)NC(C)=O)C(C)C)C1CCCCC1. The molecule has 1 saturated carbocycles. The van der Waals surface area contributed by atoms with Crippen molar-refractivity contribution >= 4 is 65.0 Å². The summed E-state index contributed by atoms with van der Waals surface area (Å²) in [6.45, 7) is 8.87. The highest BCUT2D eigenvalue weighted by Crippen LogP contribution is 2.34. The highest BCUT2D eigenvalue weighted by molar-refractivity contribution is 6.38. The van der Waals surface area contributed by atoms with Gasteiger partial charge in [0.25, 0.3) is 5.91 Å². The third-order valence-corrected chi connectivity index (χ3v) is 11.6. The van der Waals surface area contributed by atoms with Crippen LogP contribution in [0.5, 0.6) is 0 Å². The Hall–Kier alpha value is -6.67. The van der Waals surface area contributed by atoms with Crippen molar-refractivity contribution in [2.45, 2.75) is 141 Å². The van der Waals surface area contributed by atoms with E-state index in [4.69, 9.17) is 9.84 Å². The van der Waals surface area contributed by atoms with Crippen molar-refractivity contribution in [3.05, 3.63) is 48.0 Å². The van der Waals surface area contributed by atoms with Gasteiger partial charge in [-0.15, -0.1) is 0 Å². The van der Waals surface area contributed by atoms with Crippen molar-refractivity contribution in [1.29, 1.82) is 0 Å². The largest absolute Gasteiger partial charge is 0.481 e. The molecule has 0 aromatic heterocycles. The molecular weight excluding hydrogens is 875 g/mol. The maximum absolute atomic E-state index is 15.1. The van der Waals surface area contributed by atoms with Crippen LogP contribution in [0.4, 0.5) is 0 Å². The van der Waals surface area contributed by atoms with Gasteiger partial charge in [0.15, 0.2) is 0 Å². The van der Waals surface area contributed by atoms with Crippen LogP contribution in [0.15, 0.2) is 36.9 Å². The molecule has 1 aromatic carbocycles. The molecule has 6 atom stereocenters. The maximum Gasteiger partial charge on any atom is 0.325 e. The molecule has 2 aliphatic rings. The first-order valence-electron chi connectivity index (χ1n) is 22.7. The van der Waals surface area contributed by atoms with E-state index in [2.05, 4.69) is 38.5 Å². The molecule has 21 heteroatoms. The van der Waals surface area contributed by atoms with Crippen LogP contribution in [-0.2, 0) is 63.9 Å². The van der Waals surface area contributed by atoms with Gasteiger partial charge in [0.2, 0.25) is 41.2 Å². The van der Waals surface area contributed by atoms with Gasteiger partial charge >= 0.3 is 17.9 Å². The number of aliphatic carboxylic acids is 2. The Balaban J connectivity index is 1.94. The van der Waals surface area contributed by atoms with Gasteiger partial charge in [-0.3, -0.25) is 52.7 Å². The second-order valence-electron chi connectivity index (χ2n) is 17.0. The van der Waals surface area contributed by atoms with Gasteiger partial charge in [-0.25, -0.2) is 0 Å². The average molecular weight is 940 g/mol. The summed E-state index contributed by atoms with van der Waals surface area (Å²) in [5, 5.41) is 33.7. The van der Waals surface area contributed by atoms with Gasteiger partial charge in [-0.05, 0) is 61.5 Å². The lowest BCUT2D eigenvalue weighted by molar-refractivity contribution is -0.147. The standard InChI is InChI=1S/C46H65N7O14/c1-6-13-31(40(60)45(65)47-25-36(59)67-24-7-2)49-44(64)39-30-17-12-11-14-28(30)22-23-53(39)46(66)38(29-15-9-8-10-16-29)52-43(63)37(26(3)4)51-42(62)33(19-21-35(57)58)50-41(61)32(48-27(5)54)18-20-34(55)56/h7,11-12,14,17,26,29,31-33,37-39H,2,6,8-10,13,15-16,18-25H2,1,3-5H3,(H,47,65)(H,48,54)(H,49,64)(H,50,61)(H,51,62)(H,52,63)(H,55,56)(H,57,58). The number of rotatable bonds is 26. The van der Waals surface area contributed by atoms with Crippen LogP contribution in [0.25, 0.3) is 0 Å². The van der Waals surface area contributed by atoms with Crippen LogP contribution in [0, 0.1) is 11.8 Å². The Morgan fingerprint density at radius 2 is 1.40 bits per heavy atom. The number of nitrogens with one attached hydrogen (secondary N) is 6. The van der Waals surface area contributed by atoms with Crippen molar-refractivity contribution in [2.24, 2.45) is 11.8 Å². The summed E-state index contributed by atoms with van der Waals surface area (Å²) in [6, 6.07) is -1.15. The summed E-state index contributed by atoms with van der Waals surface area (Å²) in [5.74, 6) is -11.2. The van der Waals surface area contributed by atoms with Crippen molar-refractivity contribution < 1.29 is 67.7 Å². The normalized spacial score (nSPS) is 16.9. The molecule has 1 aromatic rings. The molecule has 0 saturated heterocycles. The highest BCUT2D eigenvalue weighted by Gasteiger charge is 2.44. The molecule has 7 amide bonds. The van der Waals surface area contributed by atoms with E-state index in [1.165, 1.54) is 11.0 Å². The number of amides is 7. The molecule has 1 heterocycles. The third-order valence-electron chi connectivity index (χ3n) is 11.6. The number of carboxylic acids is 2. The summed E-state index contributed by atoms with van der Waals surface area (Å²) in [7, 11) is 0. The first-order valence-corrected chi connectivity index (χ1v) is 22.7. The van der Waals surface area contributed by atoms with Gasteiger partial charge in [0.05, 0.1) is 6.04 Å². The summed E-state index contributed by atoms with van der Waals surface area (Å²) >= 11 is 0. The van der Waals surface area contributed by atoms with E-state index in [9.17, 15) is 53.1 Å². The van der Waals surface area contributed by atoms with Gasteiger partial charge in [0, 0.05) is 26.3 Å². The van der Waals surface area contributed by atoms with Crippen LogP contribution in [0.1, 0.15) is 115 Å². The van der Waals surface area contributed by atoms with Crippen molar-refractivity contribution in [3.63, 3.8) is 0 Å². The van der Waals surface area contributed by atoms with Crippen LogP contribution >= 0.6 is 0 Å². The fourth-order valence-electron chi connectivity index (χ4n) is 8.15. The number of ether oxygens (including phenoxy) is 1. The summed E-state index contributed by atoms with van der Waals surface area (Å²) in [6.07, 6.45) is 3.68. The first kappa shape index (κ1) is 54.7. The summed E-state index contributed by atoms with van der Waals surface area (Å²) in [5.41, 5.74) is 1.23. The highest BCUT2D eigenvalue weighted by atomic mass is 16.5. The topological polar surface area (TPSA) is 313 Å². The van der Waals surface area contributed by atoms with Crippen molar-refractivity contribution in [3.8, 4) is 0 Å². The molecule has 1 aliphatic carbocycles. The molecule has 3 rings (SSSR count). The summed E-state index contributed by atoms with van der Waals surface area (Å²) < 4.78 is 4.85. The number of carboxylic acid groups (broad SMARTS) is 2. The Morgan fingerprint density at radius 1 is 0.791 bits per heavy atom. The predicted molar refractivity (Wildman–Crippen MR) is 239 cm³/mol. The Labute approximate surface area is 389 Å². The average Bonchev–Trinajstić information content (AvgIpc) is 3.29. The number of hydrogen-bond acceptors (Lipinski definition) is 12. The number of carbonyl (C=O) groups is 11. The van der Waals surface area contributed by atoms with E-state index < -0.39 is 139 Å².